The van der Waals surface area contributed by atoms with E-state index < -0.39 is 0 Å². The van der Waals surface area contributed by atoms with E-state index in [1.54, 1.807) is 12.1 Å². The molecule has 1 aromatic rings. The Balaban J connectivity index is 2.43. The molecule has 0 saturated carbocycles. The summed E-state index contributed by atoms with van der Waals surface area (Å²) >= 11 is 0. The minimum Gasteiger partial charge on any atom is -0.395 e. The first kappa shape index (κ1) is 12.9. The quantitative estimate of drug-likeness (QED) is 0.882. The van der Waals surface area contributed by atoms with Crippen LogP contribution in [-0.2, 0) is 10.2 Å². The Hall–Kier alpha value is -1.55. The fraction of sp³-hybridized carbons (Fsp3) is 0.500. The van der Waals surface area contributed by atoms with E-state index in [1.807, 2.05) is 43.1 Å². The van der Waals surface area contributed by atoms with Gasteiger partial charge in [0.25, 0.3) is 0 Å². The Bertz CT molecular complexity index is 457. The van der Waals surface area contributed by atoms with E-state index in [-0.39, 0.29) is 17.9 Å². The van der Waals surface area contributed by atoms with Crippen LogP contribution in [0.2, 0.25) is 0 Å². The van der Waals surface area contributed by atoms with Crippen LogP contribution >= 0.6 is 0 Å². The average Bonchev–Trinajstić information content (AvgIpc) is 2.70. The van der Waals surface area contributed by atoms with E-state index in [4.69, 9.17) is 0 Å². The first-order valence-corrected chi connectivity index (χ1v) is 6.22. The number of benzene rings is 1. The normalized spacial score (nSPS) is 16.6. The van der Waals surface area contributed by atoms with E-state index in [0.717, 1.165) is 11.3 Å². The molecule has 1 saturated heterocycles. The number of rotatable bonds is 3. The van der Waals surface area contributed by atoms with Gasteiger partial charge in [0.1, 0.15) is 0 Å². The molecule has 1 aromatic carbocycles. The fourth-order valence-electron chi connectivity index (χ4n) is 2.29. The predicted octanol–water partition coefficient (Wildman–Crippen LogP) is 1.54. The van der Waals surface area contributed by atoms with E-state index in [9.17, 15) is 9.90 Å². The van der Waals surface area contributed by atoms with Crippen molar-refractivity contribution in [2.75, 3.05) is 25.2 Å². The van der Waals surface area contributed by atoms with Crippen molar-refractivity contribution in [2.45, 2.75) is 25.7 Å². The van der Waals surface area contributed by atoms with Crippen molar-refractivity contribution in [3.05, 3.63) is 29.8 Å². The number of hydrazine groups is 1. The number of hydrogen-bond acceptors (Lipinski definition) is 3. The summed E-state index contributed by atoms with van der Waals surface area (Å²) in [5.41, 5.74) is 1.75. The lowest BCUT2D eigenvalue weighted by molar-refractivity contribution is -0.126. The van der Waals surface area contributed by atoms with Crippen molar-refractivity contribution in [1.82, 2.24) is 5.01 Å². The summed E-state index contributed by atoms with van der Waals surface area (Å²) in [4.78, 5) is 11.6. The van der Waals surface area contributed by atoms with Gasteiger partial charge in [0.2, 0.25) is 5.91 Å². The lowest BCUT2D eigenvalue weighted by Gasteiger charge is -2.33. The summed E-state index contributed by atoms with van der Waals surface area (Å²) in [5, 5.41) is 13.2. The summed E-state index contributed by atoms with van der Waals surface area (Å²) in [7, 11) is 1.79. The summed E-state index contributed by atoms with van der Waals surface area (Å²) in [6.07, 6.45) is 0.546. The first-order valence-electron chi connectivity index (χ1n) is 6.22. The third-order valence-electron chi connectivity index (χ3n) is 3.57. The van der Waals surface area contributed by atoms with Crippen LogP contribution in [0.25, 0.3) is 0 Å². The number of hydrogen-bond donors (Lipinski definition) is 1. The molecule has 0 bridgehead atoms. The van der Waals surface area contributed by atoms with Crippen molar-refractivity contribution in [3.8, 4) is 0 Å². The number of carbonyl (C=O) groups is 1. The Morgan fingerprint density at radius 3 is 2.56 bits per heavy atom. The van der Waals surface area contributed by atoms with Crippen molar-refractivity contribution < 1.29 is 9.90 Å². The molecule has 0 unspecified atom stereocenters. The number of aliphatic hydroxyl groups is 1. The molecule has 0 spiro atoms. The monoisotopic (exact) mass is 248 g/mol. The zero-order chi connectivity index (χ0) is 13.3. The molecule has 1 aliphatic rings. The van der Waals surface area contributed by atoms with Gasteiger partial charge >= 0.3 is 0 Å². The summed E-state index contributed by atoms with van der Waals surface area (Å²) < 4.78 is 0. The fourth-order valence-corrected chi connectivity index (χ4v) is 2.29. The third-order valence-corrected chi connectivity index (χ3v) is 3.57. The first-order chi connectivity index (χ1) is 8.47. The van der Waals surface area contributed by atoms with Gasteiger partial charge in [0.15, 0.2) is 0 Å². The maximum absolute atomic E-state index is 11.6. The molecule has 98 valence electrons. The van der Waals surface area contributed by atoms with Gasteiger partial charge in [-0.3, -0.25) is 14.8 Å². The Morgan fingerprint density at radius 1 is 1.33 bits per heavy atom. The van der Waals surface area contributed by atoms with E-state index in [2.05, 4.69) is 0 Å². The molecule has 4 heteroatoms. The highest BCUT2D eigenvalue weighted by Crippen LogP contribution is 2.33. The summed E-state index contributed by atoms with van der Waals surface area (Å²) in [5.74, 6) is 0.131. The molecular formula is C14H20N2O2. The second-order valence-corrected chi connectivity index (χ2v) is 5.35. The third kappa shape index (κ3) is 2.08. The molecule has 0 aliphatic carbocycles. The predicted molar refractivity (Wildman–Crippen MR) is 71.3 cm³/mol. The van der Waals surface area contributed by atoms with Gasteiger partial charge < -0.3 is 5.11 Å². The van der Waals surface area contributed by atoms with Crippen LogP contribution in [0, 0.1) is 0 Å². The maximum Gasteiger partial charge on any atom is 0.242 e. The molecular weight excluding hydrogens is 228 g/mol. The van der Waals surface area contributed by atoms with Crippen LogP contribution in [0.4, 0.5) is 5.69 Å². The lowest BCUT2D eigenvalue weighted by Crippen LogP contribution is -2.37. The van der Waals surface area contributed by atoms with Gasteiger partial charge in [-0.2, -0.15) is 0 Å². The van der Waals surface area contributed by atoms with Crippen molar-refractivity contribution in [1.29, 1.82) is 0 Å². The Morgan fingerprint density at radius 2 is 2.00 bits per heavy atom. The number of para-hydroxylation sites is 1. The van der Waals surface area contributed by atoms with Crippen LogP contribution in [0.3, 0.4) is 0 Å². The van der Waals surface area contributed by atoms with Crippen molar-refractivity contribution in [3.63, 3.8) is 0 Å². The zero-order valence-corrected chi connectivity index (χ0v) is 11.2. The number of aliphatic hydroxyl groups excluding tert-OH is 1. The van der Waals surface area contributed by atoms with Gasteiger partial charge in [-0.15, -0.1) is 0 Å². The minimum absolute atomic E-state index is 0.0789. The largest absolute Gasteiger partial charge is 0.395 e. The lowest BCUT2D eigenvalue weighted by atomic mass is 9.84. The number of carbonyl (C=O) groups excluding carboxylic acids is 1. The average molecular weight is 248 g/mol. The molecule has 1 heterocycles. The number of nitrogens with zero attached hydrogens (tertiary/aromatic N) is 2. The van der Waals surface area contributed by atoms with E-state index >= 15 is 0 Å². The molecule has 1 N–H and O–H groups in total. The topological polar surface area (TPSA) is 43.8 Å². The van der Waals surface area contributed by atoms with Gasteiger partial charge in [-0.25, -0.2) is 0 Å². The molecule has 1 amide bonds. The van der Waals surface area contributed by atoms with Crippen LogP contribution < -0.4 is 5.01 Å². The van der Waals surface area contributed by atoms with Crippen LogP contribution in [0.1, 0.15) is 25.8 Å². The van der Waals surface area contributed by atoms with Gasteiger partial charge in [-0.05, 0) is 11.6 Å². The highest BCUT2D eigenvalue weighted by Gasteiger charge is 2.31. The zero-order valence-electron chi connectivity index (χ0n) is 11.2. The highest BCUT2D eigenvalue weighted by molar-refractivity contribution is 5.82. The van der Waals surface area contributed by atoms with E-state index in [0.29, 0.717) is 13.0 Å². The number of amides is 1. The van der Waals surface area contributed by atoms with Crippen LogP contribution in [-0.4, -0.2) is 36.2 Å². The summed E-state index contributed by atoms with van der Waals surface area (Å²) in [6.45, 7) is 4.79. The van der Waals surface area contributed by atoms with E-state index in [1.165, 1.54) is 0 Å². The molecule has 1 aliphatic heterocycles. The second kappa shape index (κ2) is 4.61. The molecule has 4 nitrogen and oxygen atoms in total. The molecule has 0 aromatic heterocycles. The number of anilines is 1. The van der Waals surface area contributed by atoms with Gasteiger partial charge in [0, 0.05) is 25.4 Å². The van der Waals surface area contributed by atoms with Crippen LogP contribution in [0.15, 0.2) is 24.3 Å². The van der Waals surface area contributed by atoms with Crippen molar-refractivity contribution in [2.24, 2.45) is 0 Å². The maximum atomic E-state index is 11.6. The molecule has 2 rings (SSSR count). The van der Waals surface area contributed by atoms with Gasteiger partial charge in [0.05, 0.1) is 12.3 Å². The SMILES string of the molecule is CN1C(=O)CCN1c1ccccc1C(C)(C)CO. The molecule has 18 heavy (non-hydrogen) atoms. The Labute approximate surface area is 108 Å². The molecule has 0 radical (unpaired) electrons. The highest BCUT2D eigenvalue weighted by atomic mass is 16.3. The second-order valence-electron chi connectivity index (χ2n) is 5.35. The standard InChI is InChI=1S/C14H20N2O2/c1-14(2,10-17)11-6-4-5-7-12(11)16-9-8-13(18)15(16)3/h4-7,17H,8-10H2,1-3H3. The van der Waals surface area contributed by atoms with Crippen molar-refractivity contribution >= 4 is 11.6 Å². The van der Waals surface area contributed by atoms with Crippen LogP contribution in [0.5, 0.6) is 0 Å². The smallest absolute Gasteiger partial charge is 0.242 e. The minimum atomic E-state index is -0.316. The molecule has 0 atom stereocenters. The van der Waals surface area contributed by atoms with Gasteiger partial charge in [-0.1, -0.05) is 32.0 Å². The summed E-state index contributed by atoms with van der Waals surface area (Å²) in [6, 6.07) is 7.95. The Kier molecular flexibility index (Phi) is 3.30. The molecule has 1 fully saturated rings.